The highest BCUT2D eigenvalue weighted by atomic mass is 16.5. The molecule has 0 fully saturated rings. The lowest BCUT2D eigenvalue weighted by Gasteiger charge is -2.10. The molecule has 1 amide bonds. The van der Waals surface area contributed by atoms with E-state index in [1.807, 2.05) is 45.0 Å². The van der Waals surface area contributed by atoms with Crippen LogP contribution in [0.15, 0.2) is 28.8 Å². The number of benzene rings is 1. The van der Waals surface area contributed by atoms with Crippen LogP contribution in [0.1, 0.15) is 70.7 Å². The first-order valence-electron chi connectivity index (χ1n) is 9.53. The summed E-state index contributed by atoms with van der Waals surface area (Å²) in [5.41, 5.74) is 1.69. The van der Waals surface area contributed by atoms with Gasteiger partial charge in [0.2, 0.25) is 5.89 Å². The van der Waals surface area contributed by atoms with E-state index >= 15 is 0 Å². The molecule has 0 aliphatic carbocycles. The Balaban J connectivity index is 1.67. The number of carbonyl (C=O) groups excluding carboxylic acids is 2. The van der Waals surface area contributed by atoms with Gasteiger partial charge in [0.05, 0.1) is 0 Å². The molecule has 0 atom stereocenters. The zero-order chi connectivity index (χ0) is 20.7. The number of amides is 1. The van der Waals surface area contributed by atoms with E-state index < -0.39 is 5.97 Å². The second kappa shape index (κ2) is 9.48. The van der Waals surface area contributed by atoms with Crippen molar-refractivity contribution in [3.63, 3.8) is 0 Å². The Morgan fingerprint density at radius 3 is 2.43 bits per heavy atom. The van der Waals surface area contributed by atoms with Crippen LogP contribution in [-0.2, 0) is 26.2 Å². The van der Waals surface area contributed by atoms with E-state index in [9.17, 15) is 9.59 Å². The van der Waals surface area contributed by atoms with Crippen LogP contribution in [0.2, 0.25) is 0 Å². The molecular weight excluding hydrogens is 358 g/mol. The van der Waals surface area contributed by atoms with Crippen LogP contribution in [0.25, 0.3) is 0 Å². The molecule has 1 aromatic carbocycles. The molecule has 0 saturated carbocycles. The van der Waals surface area contributed by atoms with Crippen LogP contribution in [0.3, 0.4) is 0 Å². The number of nitrogens with one attached hydrogen (secondary N) is 1. The monoisotopic (exact) mass is 387 g/mol. The molecular formula is C21H29N3O4. The van der Waals surface area contributed by atoms with E-state index in [-0.39, 0.29) is 24.3 Å². The summed E-state index contributed by atoms with van der Waals surface area (Å²) in [4.78, 5) is 28.0. The van der Waals surface area contributed by atoms with Crippen molar-refractivity contribution in [1.29, 1.82) is 0 Å². The van der Waals surface area contributed by atoms with Gasteiger partial charge in [-0.25, -0.2) is 0 Å². The standard InChI is InChI=1S/C21H29N3O4/c1-14(2)15-9-11-16(12-10-15)22-17(25)13-27-19(26)8-6-7-18-23-20(24-28-18)21(3,4)5/h9-12,14H,6-8,13H2,1-5H3,(H,22,25). The predicted octanol–water partition coefficient (Wildman–Crippen LogP) is 4.00. The molecule has 2 aromatic rings. The third-order valence-electron chi connectivity index (χ3n) is 4.14. The minimum absolute atomic E-state index is 0.177. The summed E-state index contributed by atoms with van der Waals surface area (Å²) in [5, 5.41) is 6.66. The molecule has 1 aromatic heterocycles. The van der Waals surface area contributed by atoms with Crippen LogP contribution in [0.5, 0.6) is 0 Å². The number of hydrogen-bond donors (Lipinski definition) is 1. The maximum Gasteiger partial charge on any atom is 0.306 e. The van der Waals surface area contributed by atoms with Gasteiger partial charge < -0.3 is 14.6 Å². The minimum Gasteiger partial charge on any atom is -0.456 e. The third kappa shape index (κ3) is 6.79. The van der Waals surface area contributed by atoms with Gasteiger partial charge in [0, 0.05) is 23.9 Å². The second-order valence-electron chi connectivity index (χ2n) is 8.10. The molecule has 0 radical (unpaired) electrons. The molecule has 7 nitrogen and oxygen atoms in total. The lowest BCUT2D eigenvalue weighted by Crippen LogP contribution is -2.20. The lowest BCUT2D eigenvalue weighted by molar-refractivity contribution is -0.147. The molecule has 0 spiro atoms. The zero-order valence-corrected chi connectivity index (χ0v) is 17.2. The van der Waals surface area contributed by atoms with E-state index in [1.54, 1.807) is 0 Å². The molecule has 0 aliphatic rings. The topological polar surface area (TPSA) is 94.3 Å². The Morgan fingerprint density at radius 2 is 1.86 bits per heavy atom. The van der Waals surface area contributed by atoms with E-state index in [0.717, 1.165) is 0 Å². The fraction of sp³-hybridized carbons (Fsp3) is 0.524. The summed E-state index contributed by atoms with van der Waals surface area (Å²) in [5.74, 6) is 0.777. The maximum atomic E-state index is 11.9. The molecule has 0 unspecified atom stereocenters. The molecule has 1 N–H and O–H groups in total. The third-order valence-corrected chi connectivity index (χ3v) is 4.14. The molecule has 28 heavy (non-hydrogen) atoms. The fourth-order valence-electron chi connectivity index (χ4n) is 2.41. The van der Waals surface area contributed by atoms with Gasteiger partial charge in [-0.3, -0.25) is 9.59 Å². The van der Waals surface area contributed by atoms with E-state index in [4.69, 9.17) is 9.26 Å². The Hall–Kier alpha value is -2.70. The van der Waals surface area contributed by atoms with Crippen molar-refractivity contribution in [2.75, 3.05) is 11.9 Å². The summed E-state index contributed by atoms with van der Waals surface area (Å²) in [6, 6.07) is 7.61. The van der Waals surface area contributed by atoms with Crippen LogP contribution in [0.4, 0.5) is 5.69 Å². The van der Waals surface area contributed by atoms with Gasteiger partial charge in [-0.1, -0.05) is 51.9 Å². The summed E-state index contributed by atoms with van der Waals surface area (Å²) in [6.07, 6.45) is 1.19. The number of anilines is 1. The number of hydrogen-bond acceptors (Lipinski definition) is 6. The molecule has 0 saturated heterocycles. The SMILES string of the molecule is CC(C)c1ccc(NC(=O)COC(=O)CCCc2nc(C(C)(C)C)no2)cc1. The van der Waals surface area contributed by atoms with Gasteiger partial charge in [0.1, 0.15) is 0 Å². The molecule has 1 heterocycles. The first kappa shape index (κ1) is 21.6. The summed E-state index contributed by atoms with van der Waals surface area (Å²) < 4.78 is 10.2. The van der Waals surface area contributed by atoms with Crippen molar-refractivity contribution in [2.24, 2.45) is 0 Å². The van der Waals surface area contributed by atoms with E-state index in [1.165, 1.54) is 5.56 Å². The number of carbonyl (C=O) groups is 2. The lowest BCUT2D eigenvalue weighted by atomic mass is 9.96. The number of nitrogens with zero attached hydrogens (tertiary/aromatic N) is 2. The number of rotatable bonds is 8. The Labute approximate surface area is 165 Å². The Bertz CT molecular complexity index is 789. The minimum atomic E-state index is -0.430. The number of esters is 1. The smallest absolute Gasteiger partial charge is 0.306 e. The zero-order valence-electron chi connectivity index (χ0n) is 17.2. The van der Waals surface area contributed by atoms with Gasteiger partial charge in [0.15, 0.2) is 12.4 Å². The summed E-state index contributed by atoms with van der Waals surface area (Å²) in [6.45, 7) is 9.91. The normalized spacial score (nSPS) is 11.5. The fourth-order valence-corrected chi connectivity index (χ4v) is 2.41. The average Bonchev–Trinajstić information content (AvgIpc) is 3.10. The van der Waals surface area contributed by atoms with Gasteiger partial charge in [-0.2, -0.15) is 4.98 Å². The van der Waals surface area contributed by atoms with Gasteiger partial charge >= 0.3 is 5.97 Å². The van der Waals surface area contributed by atoms with Crippen molar-refractivity contribution < 1.29 is 18.8 Å². The largest absolute Gasteiger partial charge is 0.456 e. The molecule has 2 rings (SSSR count). The van der Waals surface area contributed by atoms with E-state index in [0.29, 0.717) is 36.2 Å². The first-order valence-corrected chi connectivity index (χ1v) is 9.53. The molecule has 7 heteroatoms. The van der Waals surface area contributed by atoms with Crippen LogP contribution in [0, 0.1) is 0 Å². The number of aryl methyl sites for hydroxylation is 1. The van der Waals surface area contributed by atoms with Gasteiger partial charge in [0.25, 0.3) is 5.91 Å². The maximum absolute atomic E-state index is 11.9. The average molecular weight is 387 g/mol. The van der Waals surface area contributed by atoms with Crippen molar-refractivity contribution in [2.45, 2.75) is 65.2 Å². The highest BCUT2D eigenvalue weighted by Gasteiger charge is 2.20. The highest BCUT2D eigenvalue weighted by Crippen LogP contribution is 2.19. The molecule has 0 bridgehead atoms. The highest BCUT2D eigenvalue weighted by molar-refractivity contribution is 5.92. The molecule has 152 valence electrons. The van der Waals surface area contributed by atoms with Gasteiger partial charge in [-0.15, -0.1) is 0 Å². The second-order valence-corrected chi connectivity index (χ2v) is 8.10. The van der Waals surface area contributed by atoms with Crippen molar-refractivity contribution >= 4 is 17.6 Å². The Kier molecular flexibility index (Phi) is 7.31. The molecule has 0 aliphatic heterocycles. The van der Waals surface area contributed by atoms with E-state index in [2.05, 4.69) is 29.3 Å². The first-order chi connectivity index (χ1) is 13.1. The predicted molar refractivity (Wildman–Crippen MR) is 106 cm³/mol. The quantitative estimate of drug-likeness (QED) is 0.688. The van der Waals surface area contributed by atoms with Crippen LogP contribution >= 0.6 is 0 Å². The Morgan fingerprint density at radius 1 is 1.18 bits per heavy atom. The van der Waals surface area contributed by atoms with Crippen molar-refractivity contribution in [1.82, 2.24) is 10.1 Å². The van der Waals surface area contributed by atoms with Crippen LogP contribution in [-0.4, -0.2) is 28.6 Å². The van der Waals surface area contributed by atoms with Crippen molar-refractivity contribution in [3.8, 4) is 0 Å². The van der Waals surface area contributed by atoms with Crippen molar-refractivity contribution in [3.05, 3.63) is 41.5 Å². The van der Waals surface area contributed by atoms with Gasteiger partial charge in [-0.05, 0) is 30.0 Å². The summed E-state index contributed by atoms with van der Waals surface area (Å²) >= 11 is 0. The summed E-state index contributed by atoms with van der Waals surface area (Å²) in [7, 11) is 0. The number of ether oxygens (including phenoxy) is 1. The number of aromatic nitrogens is 2. The van der Waals surface area contributed by atoms with Crippen LogP contribution < -0.4 is 5.32 Å².